The molecule has 8 bridgehead atoms. The van der Waals surface area contributed by atoms with Crippen LogP contribution in [0.5, 0.6) is 0 Å². The Balaban J connectivity index is 1.25. The van der Waals surface area contributed by atoms with E-state index in [1.807, 2.05) is 26.0 Å². The number of carbonyl (C=O) groups is 2. The van der Waals surface area contributed by atoms with Crippen molar-refractivity contribution in [2.24, 2.45) is 17.8 Å². The Morgan fingerprint density at radius 1 is 0.800 bits per heavy atom. The lowest BCUT2D eigenvalue weighted by atomic mass is 9.84. The van der Waals surface area contributed by atoms with Gasteiger partial charge in [0.05, 0.1) is 29.6 Å². The molecular formula is C55H78N4O6. The fraction of sp³-hybridized carbons (Fsp3) is 0.600. The van der Waals surface area contributed by atoms with E-state index in [4.69, 9.17) is 19.4 Å². The topological polar surface area (TPSA) is 150 Å². The number of aromatic amines is 2. The molecule has 0 saturated heterocycles. The van der Waals surface area contributed by atoms with Gasteiger partial charge >= 0.3 is 11.9 Å². The number of aromatic nitrogens is 4. The number of ether oxygens (including phenoxy) is 2. The van der Waals surface area contributed by atoms with Gasteiger partial charge in [-0.05, 0) is 107 Å². The molecular weight excluding hydrogens is 813 g/mol. The lowest BCUT2D eigenvalue weighted by Crippen LogP contribution is -2.18. The average Bonchev–Trinajstić information content (AvgIpc) is 4.00. The van der Waals surface area contributed by atoms with Gasteiger partial charge in [-0.25, -0.2) is 0 Å². The molecule has 0 amide bonds. The number of allylic oxidation sites excluding steroid dienone is 1. The zero-order valence-electron chi connectivity index (χ0n) is 41.5. The van der Waals surface area contributed by atoms with Gasteiger partial charge in [0.15, 0.2) is 0 Å². The first-order chi connectivity index (χ1) is 30.9. The highest BCUT2D eigenvalue weighted by molar-refractivity contribution is 5.96. The van der Waals surface area contributed by atoms with E-state index in [0.29, 0.717) is 34.3 Å². The minimum Gasteiger partial charge on any atom is -0.512 e. The number of fused-ring (bicyclic) bond motifs is 8. The summed E-state index contributed by atoms with van der Waals surface area (Å²) in [4.78, 5) is 44.8. The maximum atomic E-state index is 13.7. The van der Waals surface area contributed by atoms with Crippen molar-refractivity contribution in [3.8, 4) is 0 Å². The zero-order chi connectivity index (χ0) is 47.3. The van der Waals surface area contributed by atoms with Crippen LogP contribution < -0.4 is 10.4 Å². The second kappa shape index (κ2) is 21.6. The predicted octanol–water partition coefficient (Wildman–Crippen LogP) is 12.4. The average molecular weight is 891 g/mol. The summed E-state index contributed by atoms with van der Waals surface area (Å²) in [5.41, 5.74) is 9.71. The molecule has 2 aliphatic heterocycles. The Labute approximate surface area is 387 Å². The van der Waals surface area contributed by atoms with E-state index in [-0.39, 0.29) is 54.2 Å². The zero-order valence-corrected chi connectivity index (χ0v) is 41.5. The molecule has 1 aliphatic carbocycles. The molecule has 3 aromatic rings. The van der Waals surface area contributed by atoms with Crippen molar-refractivity contribution in [1.29, 1.82) is 0 Å². The largest absolute Gasteiger partial charge is 0.512 e. The monoisotopic (exact) mass is 891 g/mol. The van der Waals surface area contributed by atoms with E-state index in [0.717, 1.165) is 81.1 Å². The number of nitrogens with zero attached hydrogens (tertiary/aromatic N) is 2. The summed E-state index contributed by atoms with van der Waals surface area (Å²) in [6.45, 7) is 23.8. The molecule has 0 spiro atoms. The van der Waals surface area contributed by atoms with Crippen molar-refractivity contribution >= 4 is 45.5 Å². The first-order valence-electron chi connectivity index (χ1n) is 24.7. The molecule has 5 heterocycles. The number of hydrogen-bond acceptors (Lipinski definition) is 8. The number of hydrogen-bond donors (Lipinski definition) is 4. The third-order valence-electron chi connectivity index (χ3n) is 14.9. The number of rotatable bonds is 19. The van der Waals surface area contributed by atoms with Gasteiger partial charge in [-0.1, -0.05) is 99.0 Å². The van der Waals surface area contributed by atoms with Crippen LogP contribution >= 0.6 is 0 Å². The molecule has 6 rings (SSSR count). The molecule has 0 fully saturated rings. The molecule has 354 valence electrons. The summed E-state index contributed by atoms with van der Waals surface area (Å²) in [6.07, 6.45) is 14.8. The Morgan fingerprint density at radius 2 is 1.40 bits per heavy atom. The number of methoxy groups -OCH3 is 1. The third kappa shape index (κ3) is 11.1. The van der Waals surface area contributed by atoms with Gasteiger partial charge in [-0.3, -0.25) is 19.6 Å². The maximum Gasteiger partial charge on any atom is 0.321 e. The smallest absolute Gasteiger partial charge is 0.321 e. The number of aryl methyl sites for hydroxylation is 2. The maximum absolute atomic E-state index is 13.7. The number of aliphatic hydroxyl groups excluding tert-OH is 2. The molecule has 10 nitrogen and oxygen atoms in total. The second-order valence-electron chi connectivity index (χ2n) is 20.4. The Hall–Kier alpha value is -4.86. The number of H-pyrrole nitrogens is 2. The summed E-state index contributed by atoms with van der Waals surface area (Å²) in [6, 6.07) is 6.12. The number of esters is 2. The van der Waals surface area contributed by atoms with Gasteiger partial charge in [0.1, 0.15) is 18.3 Å². The summed E-state index contributed by atoms with van der Waals surface area (Å²) >= 11 is 0. The van der Waals surface area contributed by atoms with Gasteiger partial charge < -0.3 is 29.7 Å². The van der Waals surface area contributed by atoms with E-state index in [1.54, 1.807) is 6.92 Å². The van der Waals surface area contributed by atoms with Crippen LogP contribution in [0.4, 0.5) is 0 Å². The van der Waals surface area contributed by atoms with Gasteiger partial charge in [-0.2, -0.15) is 0 Å². The minimum absolute atomic E-state index is 0.0748. The van der Waals surface area contributed by atoms with Crippen LogP contribution in [-0.4, -0.2) is 55.8 Å². The van der Waals surface area contributed by atoms with Crippen LogP contribution in [0.3, 0.4) is 0 Å². The van der Waals surface area contributed by atoms with Crippen LogP contribution in [-0.2, 0) is 19.1 Å². The van der Waals surface area contributed by atoms with E-state index in [1.165, 1.54) is 57.6 Å². The number of aliphatic hydroxyl groups is 2. The Kier molecular flexibility index (Phi) is 16.5. The highest BCUT2D eigenvalue weighted by atomic mass is 16.5. The molecule has 3 aliphatic rings. The number of nitrogens with one attached hydrogen (secondary N) is 2. The highest BCUT2D eigenvalue weighted by Crippen LogP contribution is 2.46. The minimum atomic E-state index is -1.09. The molecule has 7 atom stereocenters. The lowest BCUT2D eigenvalue weighted by Gasteiger charge is -2.19. The van der Waals surface area contributed by atoms with E-state index in [9.17, 15) is 19.8 Å². The predicted molar refractivity (Wildman–Crippen MR) is 264 cm³/mol. The molecule has 3 aromatic heterocycles. The highest BCUT2D eigenvalue weighted by Gasteiger charge is 2.42. The second-order valence-corrected chi connectivity index (χ2v) is 20.4. The Morgan fingerprint density at radius 3 is 2.05 bits per heavy atom. The molecule has 10 heteroatoms. The van der Waals surface area contributed by atoms with Crippen molar-refractivity contribution in [2.75, 3.05) is 13.7 Å². The molecule has 0 aromatic carbocycles. The van der Waals surface area contributed by atoms with Crippen molar-refractivity contribution in [3.05, 3.63) is 79.8 Å². The first-order valence-corrected chi connectivity index (χ1v) is 24.7. The summed E-state index contributed by atoms with van der Waals surface area (Å²) < 4.78 is 11.1. The van der Waals surface area contributed by atoms with Crippen molar-refractivity contribution < 1.29 is 29.3 Å². The quantitative estimate of drug-likeness (QED) is 0.0686. The fourth-order valence-corrected chi connectivity index (χ4v) is 10.8. The lowest BCUT2D eigenvalue weighted by molar-refractivity contribution is -0.143. The van der Waals surface area contributed by atoms with Crippen molar-refractivity contribution in [2.45, 2.75) is 183 Å². The van der Waals surface area contributed by atoms with Crippen molar-refractivity contribution in [1.82, 2.24) is 19.9 Å². The van der Waals surface area contributed by atoms with E-state index in [2.05, 4.69) is 77.5 Å². The third-order valence-corrected chi connectivity index (χ3v) is 14.9. The molecule has 65 heavy (non-hydrogen) atoms. The van der Waals surface area contributed by atoms with Crippen LogP contribution in [0.2, 0.25) is 0 Å². The van der Waals surface area contributed by atoms with Crippen LogP contribution in [0.1, 0.15) is 208 Å². The van der Waals surface area contributed by atoms with Crippen LogP contribution in [0.15, 0.2) is 29.8 Å². The van der Waals surface area contributed by atoms with E-state index < -0.39 is 11.9 Å². The SMILES string of the molecule is CC[C@H]1c2cc3[nH]c4c(c5nc(cc6[nH]c(cc(n2)[C@@H]1C)/c(=C(/C)O)c6C)[C@@H](C)[C@@H]5CCC(=O)OC/C=C(\C)CCC[C@@H](C)CCC[C@@H](C)CCCC(C)C)[C@@H](C(=O)OC)C(O)=c4c3C. The molecule has 0 radical (unpaired) electrons. The molecule has 0 saturated carbocycles. The van der Waals surface area contributed by atoms with Crippen molar-refractivity contribution in [3.63, 3.8) is 0 Å². The van der Waals surface area contributed by atoms with Gasteiger partial charge in [-0.15, -0.1) is 0 Å². The van der Waals surface area contributed by atoms with Gasteiger partial charge in [0.25, 0.3) is 0 Å². The molecule has 4 N–H and O–H groups in total. The Bertz CT molecular complexity index is 2540. The summed E-state index contributed by atoms with van der Waals surface area (Å²) in [5.74, 6) is 0.302. The van der Waals surface area contributed by atoms with Crippen LogP contribution in [0.25, 0.3) is 33.6 Å². The summed E-state index contributed by atoms with van der Waals surface area (Å²) in [5, 5.41) is 24.2. The van der Waals surface area contributed by atoms with Gasteiger partial charge in [0, 0.05) is 74.2 Å². The van der Waals surface area contributed by atoms with Gasteiger partial charge in [0.2, 0.25) is 0 Å². The normalized spacial score (nSPS) is 20.9. The first kappa shape index (κ1) is 49.6. The van der Waals surface area contributed by atoms with E-state index >= 15 is 0 Å². The van der Waals surface area contributed by atoms with Crippen LogP contribution in [0, 0.1) is 31.6 Å². The summed E-state index contributed by atoms with van der Waals surface area (Å²) in [7, 11) is 1.33. The standard InChI is InChI=1S/C55H78N4O6/c1-13-39-34(7)41-29-46-48(38(11)60)36(9)43(57-46)27-42-35(8)40(52(58-42)50-51(55(63)64-12)54(62)49-37(10)44(59-53(49)50)28-45(39)56-41)23-24-47(61)65-26-25-33(6)22-16-21-32(5)20-15-19-31(4)18-14-17-30(2)3/h25,27-32,34-35,39-40,51,57,59-60,62H,13-24,26H2,1-12H3/b33-25+,42-27?,45-28?,46-29?,48-38-/t31-,32-,34+,35-,39+,40-,51+/m0/s1. The number of carbonyl (C=O) groups excluding carboxylic acids is 2. The fourth-order valence-electron chi connectivity index (χ4n) is 10.8. The molecule has 0 unspecified atom stereocenters.